The Balaban J connectivity index is 1.46. The van der Waals surface area contributed by atoms with Gasteiger partial charge in [0.15, 0.2) is 16.7 Å². The zero-order valence-electron chi connectivity index (χ0n) is 15.1. The predicted octanol–water partition coefficient (Wildman–Crippen LogP) is 4.48. The second kappa shape index (κ2) is 8.14. The summed E-state index contributed by atoms with van der Waals surface area (Å²) >= 11 is 1.58. The van der Waals surface area contributed by atoms with Crippen LogP contribution >= 0.6 is 11.8 Å². The minimum atomic E-state index is -0.420. The van der Waals surface area contributed by atoms with E-state index in [2.05, 4.69) is 15.0 Å². The zero-order chi connectivity index (χ0) is 19.3. The maximum atomic E-state index is 12.3. The summed E-state index contributed by atoms with van der Waals surface area (Å²) < 4.78 is 10.9. The van der Waals surface area contributed by atoms with Crippen molar-refractivity contribution in [3.8, 4) is 11.5 Å². The molecule has 0 saturated heterocycles. The van der Waals surface area contributed by atoms with E-state index in [9.17, 15) is 4.79 Å². The van der Waals surface area contributed by atoms with E-state index in [0.29, 0.717) is 22.8 Å². The predicted molar refractivity (Wildman–Crippen MR) is 108 cm³/mol. The molecule has 0 aliphatic heterocycles. The standard InChI is InChI=1S/C21H17N3O3S/c1-26-19-11-14(13-28-21-23-16-9-10-22-12-17(16)24-21)7-8-18(19)27-20(25)15-5-3-2-4-6-15/h2-12H,13H2,1H3,(H,23,24). The number of rotatable bonds is 6. The molecular formula is C21H17N3O3S. The van der Waals surface area contributed by atoms with Crippen molar-refractivity contribution in [2.45, 2.75) is 10.9 Å². The van der Waals surface area contributed by atoms with Gasteiger partial charge in [-0.15, -0.1) is 0 Å². The van der Waals surface area contributed by atoms with Crippen LogP contribution < -0.4 is 9.47 Å². The Morgan fingerprint density at radius 3 is 2.75 bits per heavy atom. The highest BCUT2D eigenvalue weighted by molar-refractivity contribution is 7.98. The summed E-state index contributed by atoms with van der Waals surface area (Å²) in [5.74, 6) is 1.17. The van der Waals surface area contributed by atoms with Crippen molar-refractivity contribution in [1.82, 2.24) is 15.0 Å². The Kier molecular flexibility index (Phi) is 5.25. The molecule has 0 unspecified atom stereocenters. The fourth-order valence-electron chi connectivity index (χ4n) is 2.67. The molecule has 1 N–H and O–H groups in total. The third-order valence-corrected chi connectivity index (χ3v) is 5.02. The molecule has 0 radical (unpaired) electrons. The van der Waals surface area contributed by atoms with E-state index in [4.69, 9.17) is 9.47 Å². The van der Waals surface area contributed by atoms with Gasteiger partial charge in [-0.25, -0.2) is 9.78 Å². The van der Waals surface area contributed by atoms with E-state index >= 15 is 0 Å². The number of hydrogen-bond donors (Lipinski definition) is 1. The number of fused-ring (bicyclic) bond motifs is 1. The zero-order valence-corrected chi connectivity index (χ0v) is 15.9. The van der Waals surface area contributed by atoms with E-state index in [0.717, 1.165) is 21.8 Å². The highest BCUT2D eigenvalue weighted by atomic mass is 32.2. The van der Waals surface area contributed by atoms with E-state index in [-0.39, 0.29) is 0 Å². The minimum Gasteiger partial charge on any atom is -0.493 e. The van der Waals surface area contributed by atoms with E-state index in [1.807, 2.05) is 24.3 Å². The molecule has 2 aromatic carbocycles. The quantitative estimate of drug-likeness (QED) is 0.297. The van der Waals surface area contributed by atoms with Gasteiger partial charge in [0.25, 0.3) is 0 Å². The molecule has 0 bridgehead atoms. The van der Waals surface area contributed by atoms with Crippen LogP contribution in [0.15, 0.2) is 72.1 Å². The lowest BCUT2D eigenvalue weighted by Crippen LogP contribution is -2.09. The van der Waals surface area contributed by atoms with Crippen molar-refractivity contribution < 1.29 is 14.3 Å². The number of imidazole rings is 1. The van der Waals surface area contributed by atoms with Gasteiger partial charge in [0.1, 0.15) is 0 Å². The minimum absolute atomic E-state index is 0.389. The molecule has 0 atom stereocenters. The van der Waals surface area contributed by atoms with Crippen molar-refractivity contribution in [2.75, 3.05) is 7.11 Å². The largest absolute Gasteiger partial charge is 0.493 e. The van der Waals surface area contributed by atoms with Crippen LogP contribution in [-0.4, -0.2) is 28.0 Å². The molecule has 4 aromatic rings. The third kappa shape index (κ3) is 3.99. The van der Waals surface area contributed by atoms with Crippen molar-refractivity contribution in [3.63, 3.8) is 0 Å². The van der Waals surface area contributed by atoms with Gasteiger partial charge in [-0.3, -0.25) is 4.98 Å². The molecule has 0 aliphatic carbocycles. The topological polar surface area (TPSA) is 77.1 Å². The number of benzene rings is 2. The second-order valence-corrected chi connectivity index (χ2v) is 6.93. The third-order valence-electron chi connectivity index (χ3n) is 4.08. The number of ether oxygens (including phenoxy) is 2. The fourth-order valence-corrected chi connectivity index (χ4v) is 3.50. The first-order valence-electron chi connectivity index (χ1n) is 8.59. The summed E-state index contributed by atoms with van der Waals surface area (Å²) in [5.41, 5.74) is 3.31. The molecule has 28 heavy (non-hydrogen) atoms. The Morgan fingerprint density at radius 2 is 1.96 bits per heavy atom. The van der Waals surface area contributed by atoms with Crippen LogP contribution in [0.1, 0.15) is 15.9 Å². The summed E-state index contributed by atoms with van der Waals surface area (Å²) in [6, 6.07) is 16.3. The number of methoxy groups -OCH3 is 1. The highest BCUT2D eigenvalue weighted by Gasteiger charge is 2.13. The van der Waals surface area contributed by atoms with Gasteiger partial charge in [-0.1, -0.05) is 36.0 Å². The van der Waals surface area contributed by atoms with Gasteiger partial charge < -0.3 is 14.5 Å². The summed E-state index contributed by atoms with van der Waals surface area (Å²) in [7, 11) is 1.55. The SMILES string of the molecule is COc1cc(CSc2nc3ccncc3[nH]2)ccc1OC(=O)c1ccccc1. The van der Waals surface area contributed by atoms with Gasteiger partial charge in [0.2, 0.25) is 0 Å². The molecule has 0 saturated carbocycles. The normalized spacial score (nSPS) is 10.8. The summed E-state index contributed by atoms with van der Waals surface area (Å²) in [4.78, 5) is 24.1. The highest BCUT2D eigenvalue weighted by Crippen LogP contribution is 2.31. The van der Waals surface area contributed by atoms with Crippen LogP contribution in [-0.2, 0) is 5.75 Å². The lowest BCUT2D eigenvalue weighted by molar-refractivity contribution is 0.0729. The van der Waals surface area contributed by atoms with Crippen molar-refractivity contribution >= 4 is 28.8 Å². The number of H-pyrrole nitrogens is 1. The first-order chi connectivity index (χ1) is 13.7. The van der Waals surface area contributed by atoms with Crippen LogP contribution in [0, 0.1) is 0 Å². The number of thioether (sulfide) groups is 1. The molecule has 4 rings (SSSR count). The lowest BCUT2D eigenvalue weighted by Gasteiger charge is -2.11. The molecular weight excluding hydrogens is 374 g/mol. The van der Waals surface area contributed by atoms with E-state index in [1.165, 1.54) is 0 Å². The Hall–Kier alpha value is -3.32. The monoisotopic (exact) mass is 391 g/mol. The number of aromatic nitrogens is 3. The summed E-state index contributed by atoms with van der Waals surface area (Å²) in [6.07, 6.45) is 3.48. The van der Waals surface area contributed by atoms with Crippen molar-refractivity contribution in [2.24, 2.45) is 0 Å². The van der Waals surface area contributed by atoms with E-state index in [1.54, 1.807) is 61.6 Å². The Morgan fingerprint density at radius 1 is 1.11 bits per heavy atom. The Labute approximate surface area is 165 Å². The number of aromatic amines is 1. The average Bonchev–Trinajstić information content (AvgIpc) is 3.16. The summed E-state index contributed by atoms with van der Waals surface area (Å²) in [6.45, 7) is 0. The molecule has 6 nitrogen and oxygen atoms in total. The Bertz CT molecular complexity index is 1080. The molecule has 140 valence electrons. The van der Waals surface area contributed by atoms with Crippen molar-refractivity contribution in [3.05, 3.63) is 78.1 Å². The number of carbonyl (C=O) groups is 1. The molecule has 0 amide bonds. The number of nitrogens with one attached hydrogen (secondary N) is 1. The maximum Gasteiger partial charge on any atom is 0.343 e. The van der Waals surface area contributed by atoms with Crippen LogP contribution in [0.4, 0.5) is 0 Å². The molecule has 0 spiro atoms. The van der Waals surface area contributed by atoms with Crippen LogP contribution in [0.3, 0.4) is 0 Å². The van der Waals surface area contributed by atoms with Gasteiger partial charge in [-0.2, -0.15) is 0 Å². The van der Waals surface area contributed by atoms with Crippen molar-refractivity contribution in [1.29, 1.82) is 0 Å². The first kappa shape index (κ1) is 18.1. The number of pyridine rings is 1. The fraction of sp³-hybridized carbons (Fsp3) is 0.0952. The molecule has 2 heterocycles. The lowest BCUT2D eigenvalue weighted by atomic mass is 10.2. The number of carbonyl (C=O) groups excluding carboxylic acids is 1. The van der Waals surface area contributed by atoms with Crippen LogP contribution in [0.2, 0.25) is 0 Å². The number of hydrogen-bond acceptors (Lipinski definition) is 6. The van der Waals surface area contributed by atoms with E-state index < -0.39 is 5.97 Å². The van der Waals surface area contributed by atoms with Gasteiger partial charge in [0, 0.05) is 11.9 Å². The van der Waals surface area contributed by atoms with Crippen LogP contribution in [0.5, 0.6) is 11.5 Å². The maximum absolute atomic E-state index is 12.3. The summed E-state index contributed by atoms with van der Waals surface area (Å²) in [5, 5.41) is 0.821. The number of nitrogens with zero attached hydrogens (tertiary/aromatic N) is 2. The smallest absolute Gasteiger partial charge is 0.343 e. The van der Waals surface area contributed by atoms with Gasteiger partial charge in [0.05, 0.1) is 29.9 Å². The first-order valence-corrected chi connectivity index (χ1v) is 9.58. The molecule has 2 aromatic heterocycles. The number of esters is 1. The molecule has 7 heteroatoms. The molecule has 0 aliphatic rings. The van der Waals surface area contributed by atoms with Crippen LogP contribution in [0.25, 0.3) is 11.0 Å². The van der Waals surface area contributed by atoms with Gasteiger partial charge >= 0.3 is 5.97 Å². The van der Waals surface area contributed by atoms with Gasteiger partial charge in [-0.05, 0) is 35.9 Å². The average molecular weight is 391 g/mol. The molecule has 0 fully saturated rings. The second-order valence-electron chi connectivity index (χ2n) is 5.96.